The van der Waals surface area contributed by atoms with Crippen LogP contribution in [0.2, 0.25) is 0 Å². The molecule has 7 nitrogen and oxygen atoms in total. The summed E-state index contributed by atoms with van der Waals surface area (Å²) in [4.78, 5) is 12.8. The molecule has 0 saturated carbocycles. The fourth-order valence-electron chi connectivity index (χ4n) is 3.24. The fraction of sp³-hybridized carbons (Fsp3) is 0.429. The third-order valence-electron chi connectivity index (χ3n) is 4.48. The highest BCUT2D eigenvalue weighted by Gasteiger charge is 2.32. The monoisotopic (exact) mass is 449 g/mol. The molecular weight excluding hydrogens is 422 g/mol. The van der Waals surface area contributed by atoms with E-state index in [4.69, 9.17) is 0 Å². The first-order valence-corrected chi connectivity index (χ1v) is 11.9. The Labute approximate surface area is 181 Å². The smallest absolute Gasteiger partial charge is 0.252 e. The van der Waals surface area contributed by atoms with Gasteiger partial charge in [0.05, 0.1) is 18.1 Å². The van der Waals surface area contributed by atoms with Crippen LogP contribution in [0.3, 0.4) is 0 Å². The maximum absolute atomic E-state index is 12.8. The fourth-order valence-corrected chi connectivity index (χ4v) is 5.50. The molecule has 1 atom stereocenters. The first kappa shape index (κ1) is 24.0. The van der Waals surface area contributed by atoms with Crippen LogP contribution in [-0.4, -0.2) is 25.2 Å². The average Bonchev–Trinajstić information content (AvgIpc) is 3.14. The van der Waals surface area contributed by atoms with Crippen LogP contribution in [0, 0.1) is 11.3 Å². The first-order valence-electron chi connectivity index (χ1n) is 9.54. The predicted octanol–water partition coefficient (Wildman–Crippen LogP) is 3.88. The van der Waals surface area contributed by atoms with E-state index in [-0.39, 0.29) is 16.0 Å². The molecule has 1 heterocycles. The molecule has 0 saturated heterocycles. The Hall–Kier alpha value is -2.25. The van der Waals surface area contributed by atoms with E-state index in [2.05, 4.69) is 16.1 Å². The summed E-state index contributed by atoms with van der Waals surface area (Å²) in [6.07, 6.45) is -0.497. The van der Waals surface area contributed by atoms with Crippen molar-refractivity contribution >= 4 is 33.0 Å². The third-order valence-corrected chi connectivity index (χ3v) is 7.46. The number of sulfonamides is 1. The van der Waals surface area contributed by atoms with Gasteiger partial charge >= 0.3 is 0 Å². The number of hydrogen-bond donors (Lipinski definition) is 3. The van der Waals surface area contributed by atoms with E-state index in [1.807, 2.05) is 33.8 Å². The van der Waals surface area contributed by atoms with Crippen molar-refractivity contribution in [2.45, 2.75) is 62.8 Å². The van der Waals surface area contributed by atoms with E-state index in [1.165, 1.54) is 13.0 Å². The highest BCUT2D eigenvalue weighted by Crippen LogP contribution is 2.35. The normalized spacial score (nSPS) is 13.8. The van der Waals surface area contributed by atoms with Gasteiger partial charge in [-0.2, -0.15) is 9.98 Å². The van der Waals surface area contributed by atoms with Gasteiger partial charge in [-0.1, -0.05) is 39.8 Å². The number of rotatable bonds is 8. The molecule has 0 aliphatic heterocycles. The lowest BCUT2D eigenvalue weighted by atomic mass is 9.89. The van der Waals surface area contributed by atoms with Gasteiger partial charge in [-0.25, -0.2) is 8.42 Å². The van der Waals surface area contributed by atoms with Crippen molar-refractivity contribution in [2.24, 2.45) is 0 Å². The van der Waals surface area contributed by atoms with Gasteiger partial charge in [0.1, 0.15) is 9.93 Å². The third kappa shape index (κ3) is 5.67. The van der Waals surface area contributed by atoms with Crippen molar-refractivity contribution in [1.29, 1.82) is 5.26 Å². The molecule has 0 bridgehead atoms. The number of benzene rings is 1. The number of aliphatic hydroxyl groups is 1. The lowest BCUT2D eigenvalue weighted by Crippen LogP contribution is -2.47. The number of nitrogens with one attached hydrogen (secondary N) is 2. The molecule has 0 radical (unpaired) electrons. The lowest BCUT2D eigenvalue weighted by molar-refractivity contribution is -0.120. The van der Waals surface area contributed by atoms with Gasteiger partial charge in [-0.3, -0.25) is 4.79 Å². The minimum Gasteiger partial charge on any atom is -0.375 e. The Bertz CT molecular complexity index is 1050. The first-order chi connectivity index (χ1) is 13.9. The Kier molecular flexibility index (Phi) is 7.42. The number of carbonyl (C=O) groups excluding carboxylic acids is 1. The van der Waals surface area contributed by atoms with Gasteiger partial charge in [-0.15, -0.1) is 11.3 Å². The van der Waals surface area contributed by atoms with Crippen LogP contribution in [0.4, 0.5) is 5.69 Å². The van der Waals surface area contributed by atoms with Gasteiger partial charge in [-0.05, 0) is 47.4 Å². The number of nitrogens with zero attached hydrogens (tertiary/aromatic N) is 1. The van der Waals surface area contributed by atoms with Gasteiger partial charge in [0.2, 0.25) is 5.91 Å². The van der Waals surface area contributed by atoms with Crippen molar-refractivity contribution in [1.82, 2.24) is 4.72 Å². The molecule has 1 aromatic carbocycles. The van der Waals surface area contributed by atoms with Crippen molar-refractivity contribution in [2.75, 3.05) is 5.32 Å². The van der Waals surface area contributed by atoms with Gasteiger partial charge in [0, 0.05) is 5.69 Å². The van der Waals surface area contributed by atoms with Crippen LogP contribution in [0.15, 0.2) is 33.9 Å². The Balaban J connectivity index is 2.30. The molecule has 2 rings (SSSR count). The van der Waals surface area contributed by atoms with Crippen molar-refractivity contribution in [3.8, 4) is 6.07 Å². The van der Waals surface area contributed by atoms with Crippen molar-refractivity contribution < 1.29 is 18.3 Å². The standard InChI is InChI=1S/C21H27N3O4S2/c1-13(2)16-9-8-15(12-22)19(14(3)4)20(16)23-17(25)11-21(5,26)24-30(27,28)18-7-6-10-29-18/h6-10,13-14,24,26H,11H2,1-5H3,(H,23,25). The Morgan fingerprint density at radius 1 is 1.23 bits per heavy atom. The number of thiophene rings is 1. The highest BCUT2D eigenvalue weighted by atomic mass is 32.2. The maximum Gasteiger partial charge on any atom is 0.252 e. The molecule has 1 unspecified atom stereocenters. The second-order valence-electron chi connectivity index (χ2n) is 7.95. The molecule has 0 fully saturated rings. The zero-order valence-electron chi connectivity index (χ0n) is 17.7. The summed E-state index contributed by atoms with van der Waals surface area (Å²) in [6, 6.07) is 8.71. The van der Waals surface area contributed by atoms with Crippen LogP contribution < -0.4 is 10.0 Å². The van der Waals surface area contributed by atoms with E-state index in [9.17, 15) is 23.6 Å². The highest BCUT2D eigenvalue weighted by molar-refractivity contribution is 7.91. The zero-order valence-corrected chi connectivity index (χ0v) is 19.3. The topological polar surface area (TPSA) is 119 Å². The quantitative estimate of drug-likeness (QED) is 0.528. The number of carbonyl (C=O) groups is 1. The lowest BCUT2D eigenvalue weighted by Gasteiger charge is -2.25. The molecule has 2 aromatic rings. The van der Waals surface area contributed by atoms with Crippen LogP contribution >= 0.6 is 11.3 Å². The summed E-state index contributed by atoms with van der Waals surface area (Å²) < 4.78 is 27.0. The summed E-state index contributed by atoms with van der Waals surface area (Å²) in [6.45, 7) is 9.05. The van der Waals surface area contributed by atoms with Gasteiger partial charge in [0.15, 0.2) is 0 Å². The molecule has 1 amide bonds. The molecule has 162 valence electrons. The molecule has 1 aromatic heterocycles. The van der Waals surface area contributed by atoms with Gasteiger partial charge in [0.25, 0.3) is 10.0 Å². The number of amides is 1. The number of nitriles is 1. The second kappa shape index (κ2) is 9.27. The van der Waals surface area contributed by atoms with Crippen molar-refractivity contribution in [3.05, 3.63) is 46.3 Å². The minimum atomic E-state index is -3.95. The van der Waals surface area contributed by atoms with Crippen LogP contribution in [0.5, 0.6) is 0 Å². The number of anilines is 1. The molecule has 0 aliphatic carbocycles. The van der Waals surface area contributed by atoms with E-state index >= 15 is 0 Å². The summed E-state index contributed by atoms with van der Waals surface area (Å²) in [5, 5.41) is 24.5. The summed E-state index contributed by atoms with van der Waals surface area (Å²) in [5.41, 5.74) is 0.604. The minimum absolute atomic E-state index is 0.0218. The van der Waals surface area contributed by atoms with E-state index in [1.54, 1.807) is 17.5 Å². The predicted molar refractivity (Wildman–Crippen MR) is 118 cm³/mol. The molecule has 0 spiro atoms. The molecule has 3 N–H and O–H groups in total. The van der Waals surface area contributed by atoms with Gasteiger partial charge < -0.3 is 10.4 Å². The van der Waals surface area contributed by atoms with Crippen LogP contribution in [-0.2, 0) is 14.8 Å². The van der Waals surface area contributed by atoms with E-state index in [0.29, 0.717) is 11.3 Å². The molecule has 0 aliphatic rings. The SMILES string of the molecule is CC(C)c1ccc(C#N)c(C(C)C)c1NC(=O)CC(C)(O)NS(=O)(=O)c1cccs1. The molecular formula is C21H27N3O4S2. The molecule has 30 heavy (non-hydrogen) atoms. The molecule has 9 heteroatoms. The van der Waals surface area contributed by atoms with E-state index < -0.39 is 28.1 Å². The maximum atomic E-state index is 12.8. The summed E-state index contributed by atoms with van der Waals surface area (Å²) in [7, 11) is -3.95. The zero-order chi connectivity index (χ0) is 22.7. The second-order valence-corrected chi connectivity index (χ2v) is 10.8. The number of hydrogen-bond acceptors (Lipinski definition) is 6. The Morgan fingerprint density at radius 3 is 2.40 bits per heavy atom. The average molecular weight is 450 g/mol. The Morgan fingerprint density at radius 2 is 1.90 bits per heavy atom. The largest absolute Gasteiger partial charge is 0.375 e. The van der Waals surface area contributed by atoms with Crippen LogP contribution in [0.1, 0.15) is 69.6 Å². The summed E-state index contributed by atoms with van der Waals surface area (Å²) >= 11 is 1.01. The summed E-state index contributed by atoms with van der Waals surface area (Å²) in [5.74, 6) is -0.498. The van der Waals surface area contributed by atoms with Crippen LogP contribution in [0.25, 0.3) is 0 Å². The van der Waals surface area contributed by atoms with E-state index in [0.717, 1.165) is 22.5 Å². The van der Waals surface area contributed by atoms with Crippen molar-refractivity contribution in [3.63, 3.8) is 0 Å².